The lowest BCUT2D eigenvalue weighted by atomic mass is 10.2. The van der Waals surface area contributed by atoms with E-state index in [1.807, 2.05) is 18.2 Å². The highest BCUT2D eigenvalue weighted by Gasteiger charge is 2.01. The maximum Gasteiger partial charge on any atom is 0.235 e. The van der Waals surface area contributed by atoms with E-state index >= 15 is 0 Å². The maximum atomic E-state index is 10.2. The van der Waals surface area contributed by atoms with E-state index in [0.29, 0.717) is 0 Å². The number of aromatic amines is 1. The Hall–Kier alpha value is -1.75. The van der Waals surface area contributed by atoms with Crippen LogP contribution in [0.1, 0.15) is 5.56 Å². The Morgan fingerprint density at radius 2 is 2.27 bits per heavy atom. The minimum absolute atomic E-state index is 0.483. The van der Waals surface area contributed by atoms with Crippen LogP contribution >= 0.6 is 12.6 Å². The lowest BCUT2D eigenvalue weighted by molar-refractivity contribution is -0.400. The standard InChI is InChI=1S/C10H8N2O2S/c13-12(14)4-3-7-6-11-10-2-1-8(15)5-9(7)10/h1-6,11,15H/b4-3-. The first-order valence-corrected chi connectivity index (χ1v) is 4.73. The second kappa shape index (κ2) is 3.78. The quantitative estimate of drug-likeness (QED) is 0.464. The van der Waals surface area contributed by atoms with Crippen molar-refractivity contribution in [3.63, 3.8) is 0 Å². The average molecular weight is 220 g/mol. The summed E-state index contributed by atoms with van der Waals surface area (Å²) in [6.45, 7) is 0. The van der Waals surface area contributed by atoms with Crippen molar-refractivity contribution in [1.29, 1.82) is 0 Å². The Bertz CT molecular complexity index is 545. The summed E-state index contributed by atoms with van der Waals surface area (Å²) < 4.78 is 0. The fourth-order valence-electron chi connectivity index (χ4n) is 1.41. The fourth-order valence-corrected chi connectivity index (χ4v) is 1.61. The molecular weight excluding hydrogens is 212 g/mol. The summed E-state index contributed by atoms with van der Waals surface area (Å²) >= 11 is 4.22. The van der Waals surface area contributed by atoms with E-state index in [0.717, 1.165) is 27.6 Å². The monoisotopic (exact) mass is 220 g/mol. The van der Waals surface area contributed by atoms with Crippen molar-refractivity contribution >= 4 is 29.6 Å². The second-order valence-corrected chi connectivity index (χ2v) is 3.59. The van der Waals surface area contributed by atoms with Crippen LogP contribution in [0.3, 0.4) is 0 Å². The Morgan fingerprint density at radius 3 is 3.00 bits per heavy atom. The third kappa shape index (κ3) is 2.02. The van der Waals surface area contributed by atoms with Gasteiger partial charge in [-0.25, -0.2) is 0 Å². The molecule has 5 heteroatoms. The highest BCUT2D eigenvalue weighted by Crippen LogP contribution is 2.22. The maximum absolute atomic E-state index is 10.2. The molecule has 0 radical (unpaired) electrons. The SMILES string of the molecule is O=[N+]([O-])/C=C\c1c[nH]c2ccc(S)cc12. The van der Waals surface area contributed by atoms with Gasteiger partial charge in [0.15, 0.2) is 0 Å². The van der Waals surface area contributed by atoms with Crippen LogP contribution in [0.2, 0.25) is 0 Å². The summed E-state index contributed by atoms with van der Waals surface area (Å²) in [6, 6.07) is 5.62. The van der Waals surface area contributed by atoms with Gasteiger partial charge in [0.25, 0.3) is 0 Å². The number of nitrogens with one attached hydrogen (secondary N) is 1. The van der Waals surface area contributed by atoms with Crippen LogP contribution in [0.15, 0.2) is 35.5 Å². The largest absolute Gasteiger partial charge is 0.361 e. The smallest absolute Gasteiger partial charge is 0.235 e. The van der Waals surface area contributed by atoms with Crippen LogP contribution in [0.25, 0.3) is 17.0 Å². The first-order chi connectivity index (χ1) is 7.16. The predicted molar refractivity (Wildman–Crippen MR) is 61.6 cm³/mol. The molecule has 0 atom stereocenters. The molecule has 15 heavy (non-hydrogen) atoms. The molecule has 0 spiro atoms. The van der Waals surface area contributed by atoms with Crippen molar-refractivity contribution in [1.82, 2.24) is 4.98 Å². The minimum Gasteiger partial charge on any atom is -0.361 e. The Morgan fingerprint density at radius 1 is 1.47 bits per heavy atom. The summed E-state index contributed by atoms with van der Waals surface area (Å²) in [4.78, 5) is 13.6. The van der Waals surface area contributed by atoms with Crippen LogP contribution in [-0.4, -0.2) is 9.91 Å². The molecular formula is C10H8N2O2S. The predicted octanol–water partition coefficient (Wildman–Crippen LogP) is 2.70. The molecule has 0 aliphatic rings. The van der Waals surface area contributed by atoms with Crippen molar-refractivity contribution in [3.05, 3.63) is 46.3 Å². The molecule has 1 aromatic heterocycles. The van der Waals surface area contributed by atoms with E-state index in [1.165, 1.54) is 6.08 Å². The molecule has 4 nitrogen and oxygen atoms in total. The molecule has 0 aliphatic carbocycles. The van der Waals surface area contributed by atoms with Crippen molar-refractivity contribution in [3.8, 4) is 0 Å². The molecule has 0 bridgehead atoms. The molecule has 0 unspecified atom stereocenters. The first kappa shape index (κ1) is 9.79. The molecule has 1 N–H and O–H groups in total. The lowest BCUT2D eigenvalue weighted by Crippen LogP contribution is -1.81. The van der Waals surface area contributed by atoms with E-state index in [9.17, 15) is 10.1 Å². The number of hydrogen-bond donors (Lipinski definition) is 2. The summed E-state index contributed by atoms with van der Waals surface area (Å²) in [5, 5.41) is 11.1. The number of nitro groups is 1. The summed E-state index contributed by atoms with van der Waals surface area (Å²) in [6.07, 6.45) is 4.12. The molecule has 0 aliphatic heterocycles. The molecule has 0 fully saturated rings. The van der Waals surface area contributed by atoms with Gasteiger partial charge in [-0.05, 0) is 18.2 Å². The lowest BCUT2D eigenvalue weighted by Gasteiger charge is -1.93. The van der Waals surface area contributed by atoms with Crippen LogP contribution < -0.4 is 0 Å². The number of fused-ring (bicyclic) bond motifs is 1. The van der Waals surface area contributed by atoms with Crippen molar-refractivity contribution in [2.75, 3.05) is 0 Å². The molecule has 2 aromatic rings. The van der Waals surface area contributed by atoms with Crippen molar-refractivity contribution < 1.29 is 4.92 Å². The zero-order valence-electron chi connectivity index (χ0n) is 7.68. The first-order valence-electron chi connectivity index (χ1n) is 4.28. The van der Waals surface area contributed by atoms with Crippen LogP contribution in [0.5, 0.6) is 0 Å². The molecule has 1 heterocycles. The molecule has 0 saturated carbocycles. The van der Waals surface area contributed by atoms with Crippen LogP contribution in [0, 0.1) is 10.1 Å². The normalized spacial score (nSPS) is 11.3. The molecule has 0 saturated heterocycles. The van der Waals surface area contributed by atoms with E-state index in [4.69, 9.17) is 0 Å². The van der Waals surface area contributed by atoms with Gasteiger partial charge < -0.3 is 4.98 Å². The number of aromatic nitrogens is 1. The number of rotatable bonds is 2. The van der Waals surface area contributed by atoms with E-state index in [-0.39, 0.29) is 0 Å². The summed E-state index contributed by atoms with van der Waals surface area (Å²) in [5.74, 6) is 0. The zero-order chi connectivity index (χ0) is 10.8. The van der Waals surface area contributed by atoms with Gasteiger partial charge in [-0.2, -0.15) is 0 Å². The van der Waals surface area contributed by atoms with Gasteiger partial charge >= 0.3 is 0 Å². The molecule has 0 amide bonds. The number of hydrogen-bond acceptors (Lipinski definition) is 3. The van der Waals surface area contributed by atoms with E-state index in [1.54, 1.807) is 6.20 Å². The van der Waals surface area contributed by atoms with Gasteiger partial charge in [0, 0.05) is 33.6 Å². The minimum atomic E-state index is -0.483. The van der Waals surface area contributed by atoms with E-state index in [2.05, 4.69) is 17.6 Å². The number of H-pyrrole nitrogens is 1. The van der Waals surface area contributed by atoms with Gasteiger partial charge in [0.05, 0.1) is 4.92 Å². The Kier molecular flexibility index (Phi) is 2.47. The number of nitrogens with zero attached hydrogens (tertiary/aromatic N) is 1. The van der Waals surface area contributed by atoms with Gasteiger partial charge in [-0.1, -0.05) is 0 Å². The Labute approximate surface area is 91.2 Å². The highest BCUT2D eigenvalue weighted by atomic mass is 32.1. The van der Waals surface area contributed by atoms with Crippen LogP contribution in [0.4, 0.5) is 0 Å². The topological polar surface area (TPSA) is 58.9 Å². The highest BCUT2D eigenvalue weighted by molar-refractivity contribution is 7.80. The molecule has 2 rings (SSSR count). The molecule has 1 aromatic carbocycles. The summed E-state index contributed by atoms with van der Waals surface area (Å²) in [7, 11) is 0. The average Bonchev–Trinajstić information content (AvgIpc) is 2.57. The van der Waals surface area contributed by atoms with Crippen molar-refractivity contribution in [2.45, 2.75) is 4.90 Å². The Balaban J connectivity index is 2.52. The van der Waals surface area contributed by atoms with Gasteiger partial charge in [0.1, 0.15) is 0 Å². The third-order valence-corrected chi connectivity index (χ3v) is 2.35. The van der Waals surface area contributed by atoms with Gasteiger partial charge in [0.2, 0.25) is 6.20 Å². The van der Waals surface area contributed by atoms with Crippen LogP contribution in [-0.2, 0) is 0 Å². The summed E-state index contributed by atoms with van der Waals surface area (Å²) in [5.41, 5.74) is 1.73. The molecule has 76 valence electrons. The van der Waals surface area contributed by atoms with Gasteiger partial charge in [-0.3, -0.25) is 10.1 Å². The fraction of sp³-hybridized carbons (Fsp3) is 0. The van der Waals surface area contributed by atoms with E-state index < -0.39 is 4.92 Å². The zero-order valence-corrected chi connectivity index (χ0v) is 8.57. The van der Waals surface area contributed by atoms with Gasteiger partial charge in [-0.15, -0.1) is 12.6 Å². The number of benzene rings is 1. The number of thiol groups is 1. The third-order valence-electron chi connectivity index (χ3n) is 2.07. The second-order valence-electron chi connectivity index (χ2n) is 3.07. The van der Waals surface area contributed by atoms with Crippen molar-refractivity contribution in [2.24, 2.45) is 0 Å².